The zero-order chi connectivity index (χ0) is 19.8. The average molecular weight is 388 g/mol. The number of anilines is 1. The minimum atomic E-state index is -0.339. The van der Waals surface area contributed by atoms with Crippen LogP contribution in [0.5, 0.6) is 0 Å². The summed E-state index contributed by atoms with van der Waals surface area (Å²) in [5.41, 5.74) is 5.79. The van der Waals surface area contributed by atoms with E-state index in [0.29, 0.717) is 17.5 Å². The second kappa shape index (κ2) is 7.29. The number of hydrogen-bond donors (Lipinski definition) is 1. The third-order valence-electron chi connectivity index (χ3n) is 5.53. The first-order valence-electron chi connectivity index (χ1n) is 9.71. The summed E-state index contributed by atoms with van der Waals surface area (Å²) in [5, 5.41) is 13.3. The summed E-state index contributed by atoms with van der Waals surface area (Å²) in [5.74, 6) is -0.339. The van der Waals surface area contributed by atoms with E-state index in [1.807, 2.05) is 18.2 Å². The second-order valence-corrected chi connectivity index (χ2v) is 7.46. The molecule has 0 atom stereocenters. The number of hydrogen-bond acceptors (Lipinski definition) is 5. The van der Waals surface area contributed by atoms with Gasteiger partial charge in [0, 0.05) is 30.6 Å². The van der Waals surface area contributed by atoms with E-state index >= 15 is 0 Å². The van der Waals surface area contributed by atoms with Gasteiger partial charge in [0.1, 0.15) is 11.8 Å². The van der Waals surface area contributed by atoms with Gasteiger partial charge in [0.2, 0.25) is 0 Å². The number of rotatable bonds is 4. The smallest absolute Gasteiger partial charge is 0.169 e. The number of likely N-dealkylation sites (N-methyl/N-ethyl adjacent to an activating group) is 1. The predicted molar refractivity (Wildman–Crippen MR) is 113 cm³/mol. The third-order valence-corrected chi connectivity index (χ3v) is 5.53. The van der Waals surface area contributed by atoms with Crippen LogP contribution in [0.3, 0.4) is 0 Å². The number of para-hydroxylation sites is 1. The first-order chi connectivity index (χ1) is 14.2. The maximum Gasteiger partial charge on any atom is 0.169 e. The summed E-state index contributed by atoms with van der Waals surface area (Å²) in [7, 11) is 2.14. The number of nitrogens with zero attached hydrogens (tertiary/aromatic N) is 3. The van der Waals surface area contributed by atoms with Crippen LogP contribution >= 0.6 is 0 Å². The Bertz CT molecular complexity index is 1230. The monoisotopic (exact) mass is 388 g/mol. The number of aromatic nitrogens is 2. The van der Waals surface area contributed by atoms with Gasteiger partial charge in [0.25, 0.3) is 0 Å². The van der Waals surface area contributed by atoms with Gasteiger partial charge in [-0.25, -0.2) is 4.39 Å². The fourth-order valence-corrected chi connectivity index (χ4v) is 3.85. The van der Waals surface area contributed by atoms with Crippen molar-refractivity contribution in [3.8, 4) is 0 Å². The molecule has 0 aliphatic carbocycles. The van der Waals surface area contributed by atoms with Gasteiger partial charge in [-0.3, -0.25) is 0 Å². The van der Waals surface area contributed by atoms with Gasteiger partial charge in [-0.05, 0) is 42.8 Å². The lowest BCUT2D eigenvalue weighted by Gasteiger charge is -2.22. The zero-order valence-corrected chi connectivity index (χ0v) is 16.2. The highest BCUT2D eigenvalue weighted by Gasteiger charge is 2.13. The molecule has 2 aromatic heterocycles. The number of halogens is 1. The average Bonchev–Trinajstić information content (AvgIpc) is 3.14. The lowest BCUT2D eigenvalue weighted by Crippen LogP contribution is -2.23. The predicted octanol–water partition coefficient (Wildman–Crippen LogP) is 4.85. The van der Waals surface area contributed by atoms with E-state index in [4.69, 9.17) is 4.42 Å². The van der Waals surface area contributed by atoms with Crippen molar-refractivity contribution in [2.24, 2.45) is 0 Å². The van der Waals surface area contributed by atoms with Crippen LogP contribution in [0.4, 0.5) is 10.1 Å². The summed E-state index contributed by atoms with van der Waals surface area (Å²) >= 11 is 0. The van der Waals surface area contributed by atoms with Crippen LogP contribution in [0.25, 0.3) is 27.4 Å². The second-order valence-electron chi connectivity index (χ2n) is 7.46. The zero-order valence-electron chi connectivity index (χ0n) is 16.2. The molecule has 5 rings (SSSR count). The molecule has 4 aromatic rings. The third kappa shape index (κ3) is 3.36. The fourth-order valence-electron chi connectivity index (χ4n) is 3.85. The Hall–Kier alpha value is -3.25. The minimum Gasteiger partial charge on any atom is -0.461 e. The van der Waals surface area contributed by atoms with Crippen LogP contribution in [0.2, 0.25) is 0 Å². The van der Waals surface area contributed by atoms with Crippen molar-refractivity contribution in [3.05, 3.63) is 71.9 Å². The summed E-state index contributed by atoms with van der Waals surface area (Å²) in [6.07, 6.45) is 6.21. The van der Waals surface area contributed by atoms with Crippen molar-refractivity contribution in [1.29, 1.82) is 0 Å². The van der Waals surface area contributed by atoms with Crippen molar-refractivity contribution >= 4 is 33.1 Å². The van der Waals surface area contributed by atoms with E-state index in [2.05, 4.69) is 45.7 Å². The summed E-state index contributed by atoms with van der Waals surface area (Å²) in [6, 6.07) is 11.8. The molecule has 0 saturated heterocycles. The normalized spacial score (nSPS) is 15.0. The molecule has 1 N–H and O–H groups in total. The van der Waals surface area contributed by atoms with E-state index in [0.717, 1.165) is 47.9 Å². The maximum absolute atomic E-state index is 13.8. The highest BCUT2D eigenvalue weighted by molar-refractivity contribution is 5.93. The highest BCUT2D eigenvalue weighted by atomic mass is 19.1. The van der Waals surface area contributed by atoms with E-state index in [1.54, 1.807) is 12.3 Å². The molecule has 29 heavy (non-hydrogen) atoms. The van der Waals surface area contributed by atoms with Crippen LogP contribution in [0, 0.1) is 5.82 Å². The van der Waals surface area contributed by atoms with Gasteiger partial charge >= 0.3 is 0 Å². The topological polar surface area (TPSA) is 54.2 Å². The molecule has 0 unspecified atom stereocenters. The van der Waals surface area contributed by atoms with Gasteiger partial charge in [0.15, 0.2) is 5.82 Å². The molecular weight excluding hydrogens is 367 g/mol. The van der Waals surface area contributed by atoms with E-state index in [1.165, 1.54) is 11.1 Å². The standard InChI is InChI=1S/C23H21FN4O/c1-28-9-7-15(8-10-28)16-5-6-21-19(11-16)22(13-26-27-21)25-12-17-3-2-4-18-20(24)14-29-23(17)18/h2-7,11,13-14H,8-10,12H2,1H3,(H,25,27). The Kier molecular flexibility index (Phi) is 4.48. The fraction of sp³-hybridized carbons (Fsp3) is 0.217. The van der Waals surface area contributed by atoms with Crippen LogP contribution in [0.15, 0.2) is 59.4 Å². The molecule has 5 nitrogen and oxygen atoms in total. The Morgan fingerprint density at radius 1 is 1.21 bits per heavy atom. The summed E-state index contributed by atoms with van der Waals surface area (Å²) in [4.78, 5) is 2.31. The van der Waals surface area contributed by atoms with Gasteiger partial charge < -0.3 is 14.6 Å². The largest absolute Gasteiger partial charge is 0.461 e. The lowest BCUT2D eigenvalue weighted by molar-refractivity contribution is 0.370. The van der Waals surface area contributed by atoms with Crippen molar-refractivity contribution in [1.82, 2.24) is 15.1 Å². The minimum absolute atomic E-state index is 0.339. The van der Waals surface area contributed by atoms with Crippen molar-refractivity contribution in [2.75, 3.05) is 25.5 Å². The molecule has 3 heterocycles. The Balaban J connectivity index is 1.47. The number of benzene rings is 2. The number of nitrogens with one attached hydrogen (secondary N) is 1. The first kappa shape index (κ1) is 17.8. The van der Waals surface area contributed by atoms with E-state index in [9.17, 15) is 4.39 Å². The molecule has 6 heteroatoms. The molecule has 0 spiro atoms. The summed E-state index contributed by atoms with van der Waals surface area (Å²) < 4.78 is 19.2. The van der Waals surface area contributed by atoms with Crippen LogP contribution in [-0.2, 0) is 6.54 Å². The molecule has 1 aliphatic heterocycles. The van der Waals surface area contributed by atoms with Crippen LogP contribution in [-0.4, -0.2) is 35.2 Å². The maximum atomic E-state index is 13.8. The quantitative estimate of drug-likeness (QED) is 0.542. The Labute approximate surface area is 167 Å². The molecule has 146 valence electrons. The Morgan fingerprint density at radius 3 is 3.00 bits per heavy atom. The molecule has 0 fully saturated rings. The van der Waals surface area contributed by atoms with Gasteiger partial charge in [-0.2, -0.15) is 10.2 Å². The first-order valence-corrected chi connectivity index (χ1v) is 9.71. The highest BCUT2D eigenvalue weighted by Crippen LogP contribution is 2.29. The molecule has 0 bridgehead atoms. The number of fused-ring (bicyclic) bond motifs is 2. The van der Waals surface area contributed by atoms with Crippen LogP contribution in [0.1, 0.15) is 17.5 Å². The van der Waals surface area contributed by atoms with E-state index in [-0.39, 0.29) is 5.82 Å². The summed E-state index contributed by atoms with van der Waals surface area (Å²) in [6.45, 7) is 2.53. The Morgan fingerprint density at radius 2 is 2.14 bits per heavy atom. The molecule has 1 aliphatic rings. The molecule has 2 aromatic carbocycles. The SMILES string of the molecule is CN1CC=C(c2ccc3nncc(NCc4cccc5c(F)coc45)c3c2)CC1. The van der Waals surface area contributed by atoms with E-state index < -0.39 is 0 Å². The van der Waals surface area contributed by atoms with Gasteiger partial charge in [0.05, 0.1) is 22.8 Å². The lowest BCUT2D eigenvalue weighted by atomic mass is 9.98. The molecule has 0 saturated carbocycles. The molecule has 0 amide bonds. The van der Waals surface area contributed by atoms with Gasteiger partial charge in [-0.1, -0.05) is 24.3 Å². The van der Waals surface area contributed by atoms with Crippen molar-refractivity contribution in [2.45, 2.75) is 13.0 Å². The van der Waals surface area contributed by atoms with Crippen molar-refractivity contribution in [3.63, 3.8) is 0 Å². The number of furan rings is 1. The van der Waals surface area contributed by atoms with Crippen molar-refractivity contribution < 1.29 is 8.81 Å². The van der Waals surface area contributed by atoms with Gasteiger partial charge in [-0.15, -0.1) is 0 Å². The van der Waals surface area contributed by atoms with Crippen LogP contribution < -0.4 is 5.32 Å². The molecule has 0 radical (unpaired) electrons. The molecular formula is C23H21FN4O.